The maximum atomic E-state index is 5.49. The Bertz CT molecular complexity index is 286. The molecule has 0 aliphatic rings. The minimum Gasteiger partial charge on any atom is -0.382 e. The van der Waals surface area contributed by atoms with Crippen molar-refractivity contribution in [2.75, 3.05) is 27.4 Å². The van der Waals surface area contributed by atoms with Gasteiger partial charge in [-0.15, -0.1) is 11.3 Å². The Balaban J connectivity index is 2.39. The fourth-order valence-electron chi connectivity index (χ4n) is 1.32. The summed E-state index contributed by atoms with van der Waals surface area (Å²) in [6.45, 7) is 5.08. The van der Waals surface area contributed by atoms with E-state index < -0.39 is 0 Å². The van der Waals surface area contributed by atoms with E-state index in [1.54, 1.807) is 7.11 Å². The molecule has 0 atom stereocenters. The summed E-state index contributed by atoms with van der Waals surface area (Å²) in [7, 11) is 3.65. The predicted octanol–water partition coefficient (Wildman–Crippen LogP) is 1.94. The van der Waals surface area contributed by atoms with Gasteiger partial charge in [-0.3, -0.25) is 0 Å². The Morgan fingerprint density at radius 1 is 1.40 bits per heavy atom. The van der Waals surface area contributed by atoms with Crippen LogP contribution in [0.4, 0.5) is 0 Å². The highest BCUT2D eigenvalue weighted by Gasteiger charge is 2.04. The molecule has 0 amide bonds. The number of rotatable bonds is 7. The van der Waals surface area contributed by atoms with Gasteiger partial charge in [-0.1, -0.05) is 0 Å². The van der Waals surface area contributed by atoms with E-state index in [2.05, 4.69) is 18.3 Å². The van der Waals surface area contributed by atoms with E-state index in [9.17, 15) is 0 Å². The van der Waals surface area contributed by atoms with Crippen molar-refractivity contribution in [2.45, 2.75) is 20.1 Å². The molecule has 0 unspecified atom stereocenters. The second kappa shape index (κ2) is 6.95. The molecule has 4 heteroatoms. The summed E-state index contributed by atoms with van der Waals surface area (Å²) >= 11 is 1.83. The van der Waals surface area contributed by atoms with Gasteiger partial charge in [-0.05, 0) is 25.6 Å². The van der Waals surface area contributed by atoms with Gasteiger partial charge in [-0.25, -0.2) is 0 Å². The van der Waals surface area contributed by atoms with E-state index in [4.69, 9.17) is 9.47 Å². The standard InChI is InChI=1S/C11H19NO2S/c1-9-10(8-14-5-4-13-3)6-11(15-9)7-12-2/h6,12H,4-5,7-8H2,1-3H3. The molecule has 0 aliphatic heterocycles. The van der Waals surface area contributed by atoms with Gasteiger partial charge in [0.25, 0.3) is 0 Å². The quantitative estimate of drug-likeness (QED) is 0.725. The van der Waals surface area contributed by atoms with Crippen LogP contribution >= 0.6 is 11.3 Å². The average Bonchev–Trinajstić information content (AvgIpc) is 2.55. The lowest BCUT2D eigenvalue weighted by atomic mass is 10.2. The van der Waals surface area contributed by atoms with Gasteiger partial charge in [-0.2, -0.15) is 0 Å². The molecule has 0 fully saturated rings. The fraction of sp³-hybridized carbons (Fsp3) is 0.636. The lowest BCUT2D eigenvalue weighted by Crippen LogP contribution is -2.03. The van der Waals surface area contributed by atoms with E-state index in [1.165, 1.54) is 15.3 Å². The van der Waals surface area contributed by atoms with Crippen LogP contribution in [0.5, 0.6) is 0 Å². The summed E-state index contributed by atoms with van der Waals surface area (Å²) in [5.41, 5.74) is 1.29. The first-order chi connectivity index (χ1) is 7.27. The maximum absolute atomic E-state index is 5.49. The van der Waals surface area contributed by atoms with Crippen LogP contribution in [0.1, 0.15) is 15.3 Å². The van der Waals surface area contributed by atoms with Crippen LogP contribution in [-0.2, 0) is 22.6 Å². The summed E-state index contributed by atoms with van der Waals surface area (Å²) in [4.78, 5) is 2.71. The van der Waals surface area contributed by atoms with Crippen LogP contribution in [0.15, 0.2) is 6.07 Å². The Morgan fingerprint density at radius 2 is 2.20 bits per heavy atom. The number of nitrogens with one attached hydrogen (secondary N) is 1. The number of methoxy groups -OCH3 is 1. The van der Waals surface area contributed by atoms with Gasteiger partial charge in [0.2, 0.25) is 0 Å². The Hall–Kier alpha value is -0.420. The monoisotopic (exact) mass is 229 g/mol. The van der Waals surface area contributed by atoms with E-state index in [1.807, 2.05) is 18.4 Å². The lowest BCUT2D eigenvalue weighted by molar-refractivity contribution is 0.0616. The van der Waals surface area contributed by atoms with Gasteiger partial charge in [0.15, 0.2) is 0 Å². The first-order valence-electron chi connectivity index (χ1n) is 5.07. The molecule has 1 heterocycles. The molecule has 15 heavy (non-hydrogen) atoms. The zero-order valence-electron chi connectivity index (χ0n) is 9.63. The topological polar surface area (TPSA) is 30.5 Å². The van der Waals surface area contributed by atoms with Gasteiger partial charge in [0, 0.05) is 23.4 Å². The molecule has 86 valence electrons. The molecule has 1 aromatic heterocycles. The molecule has 3 nitrogen and oxygen atoms in total. The second-order valence-corrected chi connectivity index (χ2v) is 4.71. The van der Waals surface area contributed by atoms with Gasteiger partial charge >= 0.3 is 0 Å². The fourth-order valence-corrected chi connectivity index (χ4v) is 2.38. The lowest BCUT2D eigenvalue weighted by Gasteiger charge is -2.02. The number of ether oxygens (including phenoxy) is 2. The van der Waals surface area contributed by atoms with Crippen molar-refractivity contribution in [1.29, 1.82) is 0 Å². The van der Waals surface area contributed by atoms with E-state index >= 15 is 0 Å². The second-order valence-electron chi connectivity index (χ2n) is 3.37. The van der Waals surface area contributed by atoms with Crippen molar-refractivity contribution >= 4 is 11.3 Å². The highest BCUT2D eigenvalue weighted by atomic mass is 32.1. The zero-order chi connectivity index (χ0) is 11.1. The van der Waals surface area contributed by atoms with Crippen LogP contribution in [0.25, 0.3) is 0 Å². The average molecular weight is 229 g/mol. The van der Waals surface area contributed by atoms with Crippen LogP contribution < -0.4 is 5.32 Å². The Labute approximate surface area is 95.4 Å². The first-order valence-corrected chi connectivity index (χ1v) is 5.89. The molecular weight excluding hydrogens is 210 g/mol. The minimum absolute atomic E-state index is 0.659. The molecule has 0 saturated heterocycles. The van der Waals surface area contributed by atoms with E-state index in [0.29, 0.717) is 19.8 Å². The van der Waals surface area contributed by atoms with Crippen molar-refractivity contribution in [2.24, 2.45) is 0 Å². The molecule has 0 aromatic carbocycles. The summed E-state index contributed by atoms with van der Waals surface area (Å²) in [5, 5.41) is 3.15. The van der Waals surface area contributed by atoms with E-state index in [0.717, 1.165) is 6.54 Å². The summed E-state index contributed by atoms with van der Waals surface area (Å²) in [5.74, 6) is 0. The molecule has 0 bridgehead atoms. The summed E-state index contributed by atoms with van der Waals surface area (Å²) in [6.07, 6.45) is 0. The van der Waals surface area contributed by atoms with Crippen LogP contribution in [0, 0.1) is 6.92 Å². The number of hydrogen-bond donors (Lipinski definition) is 1. The van der Waals surface area contributed by atoms with Crippen LogP contribution in [0.3, 0.4) is 0 Å². The normalized spacial score (nSPS) is 10.9. The van der Waals surface area contributed by atoms with Gasteiger partial charge < -0.3 is 14.8 Å². The first kappa shape index (κ1) is 12.6. The molecule has 1 rings (SSSR count). The van der Waals surface area contributed by atoms with E-state index in [-0.39, 0.29) is 0 Å². The van der Waals surface area contributed by atoms with Gasteiger partial charge in [0.05, 0.1) is 19.8 Å². The zero-order valence-corrected chi connectivity index (χ0v) is 10.4. The number of aryl methyl sites for hydroxylation is 1. The number of thiophene rings is 1. The van der Waals surface area contributed by atoms with Crippen LogP contribution in [-0.4, -0.2) is 27.4 Å². The third kappa shape index (κ3) is 4.30. The molecule has 0 spiro atoms. The smallest absolute Gasteiger partial charge is 0.0728 e. The van der Waals surface area contributed by atoms with Crippen LogP contribution in [0.2, 0.25) is 0 Å². The molecule has 0 radical (unpaired) electrons. The highest BCUT2D eigenvalue weighted by molar-refractivity contribution is 7.12. The Morgan fingerprint density at radius 3 is 2.87 bits per heavy atom. The third-order valence-corrected chi connectivity index (χ3v) is 3.20. The number of hydrogen-bond acceptors (Lipinski definition) is 4. The van der Waals surface area contributed by atoms with Gasteiger partial charge in [0.1, 0.15) is 0 Å². The molecular formula is C11H19NO2S. The van der Waals surface area contributed by atoms with Crippen molar-refractivity contribution in [3.05, 3.63) is 21.4 Å². The van der Waals surface area contributed by atoms with Crippen molar-refractivity contribution in [3.8, 4) is 0 Å². The van der Waals surface area contributed by atoms with Crippen molar-refractivity contribution in [1.82, 2.24) is 5.32 Å². The highest BCUT2D eigenvalue weighted by Crippen LogP contribution is 2.22. The largest absolute Gasteiger partial charge is 0.382 e. The minimum atomic E-state index is 0.659. The molecule has 0 saturated carbocycles. The van der Waals surface area contributed by atoms with Crippen molar-refractivity contribution in [3.63, 3.8) is 0 Å². The SMILES string of the molecule is CNCc1cc(COCCOC)c(C)s1. The molecule has 1 N–H and O–H groups in total. The summed E-state index contributed by atoms with van der Waals surface area (Å²) < 4.78 is 10.4. The van der Waals surface area contributed by atoms with Crippen molar-refractivity contribution < 1.29 is 9.47 Å². The Kier molecular flexibility index (Phi) is 5.86. The third-order valence-electron chi connectivity index (χ3n) is 2.11. The maximum Gasteiger partial charge on any atom is 0.0728 e. The molecule has 0 aliphatic carbocycles. The summed E-state index contributed by atoms with van der Waals surface area (Å²) in [6, 6.07) is 2.21. The predicted molar refractivity (Wildman–Crippen MR) is 63.4 cm³/mol. The molecule has 1 aromatic rings.